The summed E-state index contributed by atoms with van der Waals surface area (Å²) in [6, 6.07) is 5.58. The van der Waals surface area contributed by atoms with Crippen LogP contribution in [0.4, 0.5) is 5.69 Å². The molecule has 0 fully saturated rings. The molecule has 6 heteroatoms. The third kappa shape index (κ3) is 3.81. The van der Waals surface area contributed by atoms with Crippen LogP contribution < -0.4 is 11.1 Å². The number of carbonyl (C=O) groups excluding carboxylic acids is 1. The number of nitrogens with two attached hydrogens (primary N) is 1. The summed E-state index contributed by atoms with van der Waals surface area (Å²) in [5, 5.41) is 13.2. The van der Waals surface area contributed by atoms with Gasteiger partial charge in [-0.3, -0.25) is 14.9 Å². The number of nitrogens with one attached hydrogen (secondary N) is 1. The maximum Gasteiger partial charge on any atom is 0.269 e. The van der Waals surface area contributed by atoms with Crippen LogP contribution in [0.5, 0.6) is 0 Å². The Labute approximate surface area is 105 Å². The molecule has 0 spiro atoms. The van der Waals surface area contributed by atoms with Gasteiger partial charge in [0.15, 0.2) is 0 Å². The summed E-state index contributed by atoms with van der Waals surface area (Å²) in [6.07, 6.45) is 0. The molecule has 1 rings (SSSR count). The highest BCUT2D eigenvalue weighted by Crippen LogP contribution is 2.12. The van der Waals surface area contributed by atoms with E-state index >= 15 is 0 Å². The molecule has 1 amide bonds. The molecule has 1 aromatic rings. The number of hydrogen-bond donors (Lipinski definition) is 2. The second kappa shape index (κ2) is 6.11. The van der Waals surface area contributed by atoms with Crippen LogP contribution in [-0.4, -0.2) is 16.9 Å². The zero-order valence-corrected chi connectivity index (χ0v) is 10.4. The standard InChI is InChI=1S/C12H17N3O3/c1-8(2)11(13)12(16)14-7-9-4-3-5-10(6-9)15(17)18/h3-6,8,11H,7,13H2,1-2H3,(H,14,16)/t11-/m0/s1. The van der Waals surface area contributed by atoms with Crippen LogP contribution in [0.1, 0.15) is 19.4 Å². The Hall–Kier alpha value is -1.95. The van der Waals surface area contributed by atoms with Crippen LogP contribution in [0.15, 0.2) is 24.3 Å². The maximum atomic E-state index is 11.6. The molecule has 3 N–H and O–H groups in total. The topological polar surface area (TPSA) is 98.3 Å². The van der Waals surface area contributed by atoms with Gasteiger partial charge in [0.1, 0.15) is 0 Å². The van der Waals surface area contributed by atoms with E-state index in [9.17, 15) is 14.9 Å². The van der Waals surface area contributed by atoms with Crippen molar-refractivity contribution in [1.29, 1.82) is 0 Å². The molecule has 0 aliphatic heterocycles. The van der Waals surface area contributed by atoms with Gasteiger partial charge in [0.05, 0.1) is 11.0 Å². The number of carbonyl (C=O) groups is 1. The lowest BCUT2D eigenvalue weighted by Gasteiger charge is -2.15. The van der Waals surface area contributed by atoms with Gasteiger partial charge in [-0.15, -0.1) is 0 Å². The Balaban J connectivity index is 2.61. The van der Waals surface area contributed by atoms with Crippen molar-refractivity contribution >= 4 is 11.6 Å². The Bertz CT molecular complexity index is 446. The smallest absolute Gasteiger partial charge is 0.269 e. The molecule has 0 saturated carbocycles. The maximum absolute atomic E-state index is 11.6. The van der Waals surface area contributed by atoms with Crippen molar-refractivity contribution in [1.82, 2.24) is 5.32 Å². The highest BCUT2D eigenvalue weighted by Gasteiger charge is 2.16. The first-order valence-electron chi connectivity index (χ1n) is 5.68. The van der Waals surface area contributed by atoms with Crippen LogP contribution in [0.3, 0.4) is 0 Å². The van der Waals surface area contributed by atoms with E-state index in [0.29, 0.717) is 5.56 Å². The van der Waals surface area contributed by atoms with Gasteiger partial charge in [-0.1, -0.05) is 26.0 Å². The predicted octanol–water partition coefficient (Wildman–Crippen LogP) is 1.19. The van der Waals surface area contributed by atoms with Crippen molar-refractivity contribution in [2.75, 3.05) is 0 Å². The summed E-state index contributed by atoms with van der Waals surface area (Å²) in [4.78, 5) is 21.7. The molecule has 0 aliphatic carbocycles. The third-order valence-corrected chi connectivity index (χ3v) is 2.61. The summed E-state index contributed by atoms with van der Waals surface area (Å²) in [5.74, 6) is -0.202. The van der Waals surface area contributed by atoms with Crippen molar-refractivity contribution in [2.24, 2.45) is 11.7 Å². The molecule has 18 heavy (non-hydrogen) atoms. The number of rotatable bonds is 5. The van der Waals surface area contributed by atoms with Crippen molar-refractivity contribution in [3.05, 3.63) is 39.9 Å². The van der Waals surface area contributed by atoms with Gasteiger partial charge < -0.3 is 11.1 Å². The van der Waals surface area contributed by atoms with Crippen molar-refractivity contribution < 1.29 is 9.72 Å². The SMILES string of the molecule is CC(C)[C@H](N)C(=O)NCc1cccc([N+](=O)[O-])c1. The average Bonchev–Trinajstić information content (AvgIpc) is 2.35. The van der Waals surface area contributed by atoms with E-state index in [4.69, 9.17) is 5.73 Å². The first-order chi connectivity index (χ1) is 8.41. The molecule has 6 nitrogen and oxygen atoms in total. The normalized spacial score (nSPS) is 12.2. The minimum atomic E-state index is -0.566. The van der Waals surface area contributed by atoms with Crippen molar-refractivity contribution in [3.8, 4) is 0 Å². The lowest BCUT2D eigenvalue weighted by atomic mass is 10.0. The highest BCUT2D eigenvalue weighted by molar-refractivity contribution is 5.81. The van der Waals surface area contributed by atoms with Crippen molar-refractivity contribution in [3.63, 3.8) is 0 Å². The zero-order chi connectivity index (χ0) is 13.7. The quantitative estimate of drug-likeness (QED) is 0.606. The van der Waals surface area contributed by atoms with E-state index in [1.165, 1.54) is 12.1 Å². The molecular formula is C12H17N3O3. The average molecular weight is 251 g/mol. The number of non-ortho nitro benzene ring substituents is 1. The molecule has 0 saturated heterocycles. The van der Waals surface area contributed by atoms with Crippen LogP contribution in [0.2, 0.25) is 0 Å². The number of amides is 1. The monoisotopic (exact) mass is 251 g/mol. The van der Waals surface area contributed by atoms with Gasteiger partial charge in [0.2, 0.25) is 5.91 Å². The number of benzene rings is 1. The molecular weight excluding hydrogens is 234 g/mol. The van der Waals surface area contributed by atoms with Gasteiger partial charge in [-0.25, -0.2) is 0 Å². The first kappa shape index (κ1) is 14.1. The van der Waals surface area contributed by atoms with Gasteiger partial charge in [-0.2, -0.15) is 0 Å². The van der Waals surface area contributed by atoms with E-state index < -0.39 is 11.0 Å². The minimum absolute atomic E-state index is 0.00917. The van der Waals surface area contributed by atoms with E-state index in [1.54, 1.807) is 12.1 Å². The number of nitro groups is 1. The van der Waals surface area contributed by atoms with Gasteiger partial charge in [0.25, 0.3) is 5.69 Å². The minimum Gasteiger partial charge on any atom is -0.351 e. The summed E-state index contributed by atoms with van der Waals surface area (Å²) in [6.45, 7) is 3.95. The van der Waals surface area contributed by atoms with Crippen LogP contribution in [0.25, 0.3) is 0 Å². The van der Waals surface area contributed by atoms with Gasteiger partial charge >= 0.3 is 0 Å². The zero-order valence-electron chi connectivity index (χ0n) is 10.4. The van der Waals surface area contributed by atoms with E-state index in [0.717, 1.165) is 0 Å². The molecule has 98 valence electrons. The molecule has 0 unspecified atom stereocenters. The molecule has 1 atom stereocenters. The van der Waals surface area contributed by atoms with Crippen LogP contribution in [-0.2, 0) is 11.3 Å². The lowest BCUT2D eigenvalue weighted by molar-refractivity contribution is -0.384. The largest absolute Gasteiger partial charge is 0.351 e. The third-order valence-electron chi connectivity index (χ3n) is 2.61. The van der Waals surface area contributed by atoms with Crippen LogP contribution in [0, 0.1) is 16.0 Å². The van der Waals surface area contributed by atoms with E-state index in [2.05, 4.69) is 5.32 Å². The fourth-order valence-corrected chi connectivity index (χ4v) is 1.39. The molecule has 0 aromatic heterocycles. The summed E-state index contributed by atoms with van der Waals surface area (Å²) in [7, 11) is 0. The fourth-order valence-electron chi connectivity index (χ4n) is 1.39. The fraction of sp³-hybridized carbons (Fsp3) is 0.417. The molecule has 0 bridgehead atoms. The molecule has 1 aromatic carbocycles. The molecule has 0 radical (unpaired) electrons. The Morgan fingerprint density at radius 1 is 1.50 bits per heavy atom. The highest BCUT2D eigenvalue weighted by atomic mass is 16.6. The number of nitrogens with zero attached hydrogens (tertiary/aromatic N) is 1. The van der Waals surface area contributed by atoms with Gasteiger partial charge in [0, 0.05) is 18.7 Å². The van der Waals surface area contributed by atoms with Crippen molar-refractivity contribution in [2.45, 2.75) is 26.4 Å². The van der Waals surface area contributed by atoms with Gasteiger partial charge in [-0.05, 0) is 11.5 Å². The summed E-state index contributed by atoms with van der Waals surface area (Å²) < 4.78 is 0. The summed E-state index contributed by atoms with van der Waals surface area (Å²) >= 11 is 0. The first-order valence-corrected chi connectivity index (χ1v) is 5.68. The molecule has 0 heterocycles. The predicted molar refractivity (Wildman–Crippen MR) is 67.8 cm³/mol. The van der Waals surface area contributed by atoms with E-state index in [-0.39, 0.29) is 24.1 Å². The number of nitro benzene ring substituents is 1. The second-order valence-corrected chi connectivity index (χ2v) is 4.41. The Morgan fingerprint density at radius 3 is 2.72 bits per heavy atom. The second-order valence-electron chi connectivity index (χ2n) is 4.41. The van der Waals surface area contributed by atoms with Crippen LogP contribution >= 0.6 is 0 Å². The Morgan fingerprint density at radius 2 is 2.17 bits per heavy atom. The Kier molecular flexibility index (Phi) is 4.79. The van der Waals surface area contributed by atoms with E-state index in [1.807, 2.05) is 13.8 Å². The summed E-state index contributed by atoms with van der Waals surface area (Å²) in [5.41, 5.74) is 6.37. The molecule has 0 aliphatic rings. The lowest BCUT2D eigenvalue weighted by Crippen LogP contribution is -2.43. The number of hydrogen-bond acceptors (Lipinski definition) is 4.